The number of carbonyl (C=O) groups excluding carboxylic acids is 1. The summed E-state index contributed by atoms with van der Waals surface area (Å²) in [6.07, 6.45) is 3.79. The van der Waals surface area contributed by atoms with Crippen LogP contribution < -0.4 is 10.2 Å². The number of sulfonamides is 1. The molecule has 0 spiro atoms. The van der Waals surface area contributed by atoms with Crippen LogP contribution in [0.5, 0.6) is 0 Å². The summed E-state index contributed by atoms with van der Waals surface area (Å²) in [5.41, 5.74) is 1.49. The number of nitrogens with one attached hydrogen (secondary N) is 1. The Bertz CT molecular complexity index is 694. The fourth-order valence-electron chi connectivity index (χ4n) is 3.14. The fraction of sp³-hybridized carbons (Fsp3) is 0.611. The fourth-order valence-corrected chi connectivity index (χ4v) is 4.62. The number of hydrogen-bond donors (Lipinski definition) is 1. The van der Waals surface area contributed by atoms with Crippen LogP contribution in [0.2, 0.25) is 0 Å². The van der Waals surface area contributed by atoms with E-state index in [0.29, 0.717) is 25.2 Å². The Morgan fingerprint density at radius 2 is 1.76 bits per heavy atom. The lowest BCUT2D eigenvalue weighted by atomic mass is 10.1. The number of carbonyl (C=O) groups is 1. The SMILES string of the molecule is CCC(=O)Nc1cc(S(=O)(=O)N(CC)CC)ccc1N1CCCCC1. The molecule has 25 heavy (non-hydrogen) atoms. The van der Waals surface area contributed by atoms with Crippen LogP contribution in [0.3, 0.4) is 0 Å². The molecule has 1 aromatic carbocycles. The summed E-state index contributed by atoms with van der Waals surface area (Å²) >= 11 is 0. The van der Waals surface area contributed by atoms with Gasteiger partial charge >= 0.3 is 0 Å². The molecule has 2 rings (SSSR count). The molecular formula is C18H29N3O3S. The largest absolute Gasteiger partial charge is 0.370 e. The van der Waals surface area contributed by atoms with Crippen molar-refractivity contribution < 1.29 is 13.2 Å². The third-order valence-electron chi connectivity index (χ3n) is 4.60. The Morgan fingerprint density at radius 3 is 2.32 bits per heavy atom. The van der Waals surface area contributed by atoms with Crippen molar-refractivity contribution in [3.05, 3.63) is 18.2 Å². The van der Waals surface area contributed by atoms with Gasteiger partial charge < -0.3 is 10.2 Å². The van der Waals surface area contributed by atoms with Crippen molar-refractivity contribution in [2.24, 2.45) is 0 Å². The molecule has 0 atom stereocenters. The third-order valence-corrected chi connectivity index (χ3v) is 6.65. The van der Waals surface area contributed by atoms with Crippen molar-refractivity contribution in [2.45, 2.75) is 51.3 Å². The smallest absolute Gasteiger partial charge is 0.243 e. The molecule has 0 bridgehead atoms. The van der Waals surface area contributed by atoms with Gasteiger partial charge in [0.1, 0.15) is 0 Å². The molecule has 6 nitrogen and oxygen atoms in total. The van der Waals surface area contributed by atoms with Crippen LogP contribution in [-0.4, -0.2) is 44.8 Å². The molecule has 0 aliphatic carbocycles. The topological polar surface area (TPSA) is 69.7 Å². The Morgan fingerprint density at radius 1 is 1.12 bits per heavy atom. The molecule has 0 unspecified atom stereocenters. The highest BCUT2D eigenvalue weighted by Crippen LogP contribution is 2.32. The van der Waals surface area contributed by atoms with Crippen LogP contribution >= 0.6 is 0 Å². The van der Waals surface area contributed by atoms with E-state index in [1.807, 2.05) is 19.9 Å². The zero-order valence-corrected chi connectivity index (χ0v) is 16.2. The van der Waals surface area contributed by atoms with Crippen LogP contribution in [0, 0.1) is 0 Å². The summed E-state index contributed by atoms with van der Waals surface area (Å²) < 4.78 is 27.0. The second-order valence-corrected chi connectivity index (χ2v) is 8.16. The molecule has 1 aliphatic rings. The van der Waals surface area contributed by atoms with E-state index in [-0.39, 0.29) is 10.8 Å². The third kappa shape index (κ3) is 4.52. The second-order valence-electron chi connectivity index (χ2n) is 6.22. The van der Waals surface area contributed by atoms with Gasteiger partial charge in [-0.3, -0.25) is 4.79 Å². The molecule has 1 aliphatic heterocycles. The number of rotatable bonds is 7. The number of anilines is 2. The monoisotopic (exact) mass is 367 g/mol. The predicted octanol–water partition coefficient (Wildman–Crippen LogP) is 3.06. The van der Waals surface area contributed by atoms with Crippen molar-refractivity contribution in [2.75, 3.05) is 36.4 Å². The Balaban J connectivity index is 2.44. The quantitative estimate of drug-likeness (QED) is 0.804. The zero-order valence-electron chi connectivity index (χ0n) is 15.4. The molecule has 0 radical (unpaired) electrons. The van der Waals surface area contributed by atoms with Crippen molar-refractivity contribution >= 4 is 27.3 Å². The van der Waals surface area contributed by atoms with Gasteiger partial charge in [-0.2, -0.15) is 4.31 Å². The maximum Gasteiger partial charge on any atom is 0.243 e. The summed E-state index contributed by atoms with van der Waals surface area (Å²) in [6, 6.07) is 5.08. The second kappa shape index (κ2) is 8.67. The maximum absolute atomic E-state index is 12.8. The summed E-state index contributed by atoms with van der Waals surface area (Å²) in [4.78, 5) is 14.4. The van der Waals surface area contributed by atoms with E-state index in [1.54, 1.807) is 19.1 Å². The molecule has 1 fully saturated rings. The summed E-state index contributed by atoms with van der Waals surface area (Å²) in [5.74, 6) is -0.115. The number of benzene rings is 1. The highest BCUT2D eigenvalue weighted by Gasteiger charge is 2.24. The standard InChI is InChI=1S/C18H29N3O3S/c1-4-18(22)19-16-14-15(25(23,24)21(5-2)6-3)10-11-17(16)20-12-8-7-9-13-20/h10-11,14H,4-9,12-13H2,1-3H3,(H,19,22). The van der Waals surface area contributed by atoms with Gasteiger partial charge in [-0.15, -0.1) is 0 Å². The molecule has 0 saturated carbocycles. The van der Waals surface area contributed by atoms with E-state index in [9.17, 15) is 13.2 Å². The first-order chi connectivity index (χ1) is 11.9. The lowest BCUT2D eigenvalue weighted by Gasteiger charge is -2.31. The number of hydrogen-bond acceptors (Lipinski definition) is 4. The molecular weight excluding hydrogens is 338 g/mol. The van der Waals surface area contributed by atoms with Crippen LogP contribution in [0.1, 0.15) is 46.5 Å². The van der Waals surface area contributed by atoms with E-state index in [2.05, 4.69) is 10.2 Å². The molecule has 1 amide bonds. The van der Waals surface area contributed by atoms with Gasteiger partial charge in [0.25, 0.3) is 0 Å². The van der Waals surface area contributed by atoms with Crippen LogP contribution in [-0.2, 0) is 14.8 Å². The number of piperidine rings is 1. The first-order valence-corrected chi connectivity index (χ1v) is 10.6. The Hall–Kier alpha value is -1.60. The average Bonchev–Trinajstić information content (AvgIpc) is 2.63. The van der Waals surface area contributed by atoms with E-state index in [0.717, 1.165) is 31.6 Å². The van der Waals surface area contributed by atoms with Gasteiger partial charge in [0.05, 0.1) is 16.3 Å². The number of amides is 1. The highest BCUT2D eigenvalue weighted by molar-refractivity contribution is 7.89. The van der Waals surface area contributed by atoms with Gasteiger partial charge in [0.15, 0.2) is 0 Å². The van der Waals surface area contributed by atoms with Gasteiger partial charge in [-0.05, 0) is 37.5 Å². The molecule has 7 heteroatoms. The summed E-state index contributed by atoms with van der Waals surface area (Å²) in [5, 5.41) is 2.88. The van der Waals surface area contributed by atoms with E-state index < -0.39 is 10.0 Å². The molecule has 1 heterocycles. The average molecular weight is 368 g/mol. The van der Waals surface area contributed by atoms with Gasteiger partial charge in [0.2, 0.25) is 15.9 Å². The lowest BCUT2D eigenvalue weighted by molar-refractivity contribution is -0.115. The van der Waals surface area contributed by atoms with Crippen molar-refractivity contribution in [3.63, 3.8) is 0 Å². The van der Waals surface area contributed by atoms with Crippen molar-refractivity contribution in [1.82, 2.24) is 4.31 Å². The first-order valence-electron chi connectivity index (χ1n) is 9.13. The number of nitrogens with zero attached hydrogens (tertiary/aromatic N) is 2. The van der Waals surface area contributed by atoms with Crippen LogP contribution in [0.15, 0.2) is 23.1 Å². The maximum atomic E-state index is 12.8. The first kappa shape index (κ1) is 19.7. The van der Waals surface area contributed by atoms with E-state index in [1.165, 1.54) is 10.7 Å². The minimum absolute atomic E-state index is 0.115. The van der Waals surface area contributed by atoms with Crippen molar-refractivity contribution in [1.29, 1.82) is 0 Å². The normalized spacial score (nSPS) is 15.4. The van der Waals surface area contributed by atoms with Gasteiger partial charge in [-0.1, -0.05) is 20.8 Å². The summed E-state index contributed by atoms with van der Waals surface area (Å²) in [6.45, 7) is 8.12. The van der Waals surface area contributed by atoms with Crippen LogP contribution in [0.4, 0.5) is 11.4 Å². The van der Waals surface area contributed by atoms with Gasteiger partial charge in [0, 0.05) is 32.6 Å². The Labute approximate surface area is 151 Å². The van der Waals surface area contributed by atoms with Crippen LogP contribution in [0.25, 0.3) is 0 Å². The zero-order chi connectivity index (χ0) is 18.4. The highest BCUT2D eigenvalue weighted by atomic mass is 32.2. The van der Waals surface area contributed by atoms with E-state index >= 15 is 0 Å². The minimum Gasteiger partial charge on any atom is -0.370 e. The molecule has 140 valence electrons. The Kier molecular flexibility index (Phi) is 6.84. The predicted molar refractivity (Wildman–Crippen MR) is 102 cm³/mol. The molecule has 1 aromatic rings. The van der Waals surface area contributed by atoms with Gasteiger partial charge in [-0.25, -0.2) is 8.42 Å². The molecule has 1 saturated heterocycles. The summed E-state index contributed by atoms with van der Waals surface area (Å²) in [7, 11) is -3.55. The molecule has 1 N–H and O–H groups in total. The lowest BCUT2D eigenvalue weighted by Crippen LogP contribution is -2.32. The minimum atomic E-state index is -3.55. The molecule has 0 aromatic heterocycles. The van der Waals surface area contributed by atoms with E-state index in [4.69, 9.17) is 0 Å². The van der Waals surface area contributed by atoms with Crippen molar-refractivity contribution in [3.8, 4) is 0 Å².